The van der Waals surface area contributed by atoms with Crippen molar-refractivity contribution >= 4 is 55.1 Å². The van der Waals surface area contributed by atoms with Gasteiger partial charge in [-0.1, -0.05) is 31.9 Å². The van der Waals surface area contributed by atoms with Crippen LogP contribution < -0.4 is 11.5 Å². The summed E-state index contributed by atoms with van der Waals surface area (Å²) in [6.07, 6.45) is 0. The van der Waals surface area contributed by atoms with E-state index in [1.54, 1.807) is 36.4 Å². The second kappa shape index (κ2) is 7.67. The lowest BCUT2D eigenvalue weighted by atomic mass is 10.1. The second-order valence-electron chi connectivity index (χ2n) is 5.03. The van der Waals surface area contributed by atoms with Crippen molar-refractivity contribution in [1.29, 1.82) is 0 Å². The summed E-state index contributed by atoms with van der Waals surface area (Å²) in [5, 5.41) is 0. The quantitative estimate of drug-likeness (QED) is 0.418. The standard InChI is InChI=1S/C16H15Br2N3O3/c1-21(15(22)11-6-9(17)2-4-13(11)19)8-24-16(23)12-7-10(18)3-5-14(12)20/h2-7H,8,19-20H2,1H3. The first kappa shape index (κ1) is 18.3. The van der Waals surface area contributed by atoms with Crippen LogP contribution in [0.1, 0.15) is 20.7 Å². The van der Waals surface area contributed by atoms with Gasteiger partial charge in [0.25, 0.3) is 5.91 Å². The maximum Gasteiger partial charge on any atom is 0.342 e. The third-order valence-corrected chi connectivity index (χ3v) is 4.20. The Morgan fingerprint density at radius 1 is 1.00 bits per heavy atom. The molecule has 1 amide bonds. The van der Waals surface area contributed by atoms with Crippen LogP contribution in [0.2, 0.25) is 0 Å². The highest BCUT2D eigenvalue weighted by molar-refractivity contribution is 9.10. The Hall–Kier alpha value is -2.06. The monoisotopic (exact) mass is 455 g/mol. The first-order valence-electron chi connectivity index (χ1n) is 6.82. The van der Waals surface area contributed by atoms with Gasteiger partial charge >= 0.3 is 5.97 Å². The number of nitrogen functional groups attached to an aromatic ring is 2. The summed E-state index contributed by atoms with van der Waals surface area (Å²) in [4.78, 5) is 25.8. The van der Waals surface area contributed by atoms with Gasteiger partial charge in [-0.25, -0.2) is 4.79 Å². The van der Waals surface area contributed by atoms with Crippen LogP contribution in [0.4, 0.5) is 11.4 Å². The largest absolute Gasteiger partial charge is 0.441 e. The number of hydrogen-bond acceptors (Lipinski definition) is 5. The van der Waals surface area contributed by atoms with Crippen molar-refractivity contribution in [2.24, 2.45) is 0 Å². The van der Waals surface area contributed by atoms with E-state index < -0.39 is 5.97 Å². The van der Waals surface area contributed by atoms with Gasteiger partial charge in [-0.3, -0.25) is 4.79 Å². The van der Waals surface area contributed by atoms with Crippen molar-refractivity contribution in [3.05, 3.63) is 56.5 Å². The van der Waals surface area contributed by atoms with Crippen LogP contribution in [0.3, 0.4) is 0 Å². The van der Waals surface area contributed by atoms with Crippen LogP contribution >= 0.6 is 31.9 Å². The molecule has 2 aromatic carbocycles. The normalized spacial score (nSPS) is 10.3. The minimum Gasteiger partial charge on any atom is -0.441 e. The Kier molecular flexibility index (Phi) is 5.84. The van der Waals surface area contributed by atoms with Gasteiger partial charge < -0.3 is 21.1 Å². The molecule has 24 heavy (non-hydrogen) atoms. The van der Waals surface area contributed by atoms with E-state index >= 15 is 0 Å². The van der Waals surface area contributed by atoms with Crippen LogP contribution in [0.25, 0.3) is 0 Å². The third-order valence-electron chi connectivity index (χ3n) is 3.22. The van der Waals surface area contributed by atoms with E-state index in [9.17, 15) is 9.59 Å². The van der Waals surface area contributed by atoms with E-state index in [0.717, 1.165) is 4.47 Å². The van der Waals surface area contributed by atoms with E-state index in [4.69, 9.17) is 16.2 Å². The predicted molar refractivity (Wildman–Crippen MR) is 99.5 cm³/mol. The first-order valence-corrected chi connectivity index (χ1v) is 8.41. The Bertz CT molecular complexity index is 796. The van der Waals surface area contributed by atoms with Gasteiger partial charge in [0.2, 0.25) is 0 Å². The molecule has 0 heterocycles. The van der Waals surface area contributed by atoms with Crippen molar-refractivity contribution in [3.63, 3.8) is 0 Å². The van der Waals surface area contributed by atoms with E-state index in [-0.39, 0.29) is 18.2 Å². The fourth-order valence-electron chi connectivity index (χ4n) is 1.92. The summed E-state index contributed by atoms with van der Waals surface area (Å²) in [6.45, 7) is -0.227. The molecule has 0 saturated heterocycles. The second-order valence-corrected chi connectivity index (χ2v) is 6.86. The Balaban J connectivity index is 2.06. The molecule has 0 atom stereocenters. The molecule has 0 aliphatic heterocycles. The van der Waals surface area contributed by atoms with E-state index in [2.05, 4.69) is 31.9 Å². The number of nitrogens with zero attached hydrogens (tertiary/aromatic N) is 1. The summed E-state index contributed by atoms with van der Waals surface area (Å²) < 4.78 is 6.58. The molecule has 0 radical (unpaired) electrons. The Morgan fingerprint density at radius 2 is 1.50 bits per heavy atom. The molecule has 0 spiro atoms. The lowest BCUT2D eigenvalue weighted by Crippen LogP contribution is -2.31. The highest BCUT2D eigenvalue weighted by Gasteiger charge is 2.18. The topological polar surface area (TPSA) is 98.6 Å². The summed E-state index contributed by atoms with van der Waals surface area (Å²) >= 11 is 6.56. The molecule has 0 bridgehead atoms. The number of carbonyl (C=O) groups excluding carboxylic acids is 2. The number of carbonyl (C=O) groups is 2. The molecular weight excluding hydrogens is 442 g/mol. The van der Waals surface area contributed by atoms with Crippen molar-refractivity contribution in [2.75, 3.05) is 25.2 Å². The molecule has 4 N–H and O–H groups in total. The Labute approximate surface area is 156 Å². The fourth-order valence-corrected chi connectivity index (χ4v) is 2.64. The third kappa shape index (κ3) is 4.27. The van der Waals surface area contributed by atoms with Crippen LogP contribution in [-0.2, 0) is 4.74 Å². The summed E-state index contributed by atoms with van der Waals surface area (Å²) in [5.74, 6) is -0.973. The van der Waals surface area contributed by atoms with E-state index in [0.29, 0.717) is 21.4 Å². The number of anilines is 2. The van der Waals surface area contributed by atoms with Crippen molar-refractivity contribution in [3.8, 4) is 0 Å². The molecule has 0 unspecified atom stereocenters. The van der Waals surface area contributed by atoms with Gasteiger partial charge in [0.1, 0.15) is 0 Å². The number of halogens is 2. The molecule has 6 nitrogen and oxygen atoms in total. The molecule has 8 heteroatoms. The Morgan fingerprint density at radius 3 is 2.08 bits per heavy atom. The predicted octanol–water partition coefficient (Wildman–Crippen LogP) is 3.26. The number of ether oxygens (including phenoxy) is 1. The minimum atomic E-state index is -0.615. The molecule has 0 aliphatic rings. The molecule has 0 aliphatic carbocycles. The van der Waals surface area contributed by atoms with Crippen molar-refractivity contribution in [2.45, 2.75) is 0 Å². The zero-order chi connectivity index (χ0) is 17.9. The van der Waals surface area contributed by atoms with Gasteiger partial charge in [0.05, 0.1) is 11.1 Å². The SMILES string of the molecule is CN(COC(=O)c1cc(Br)ccc1N)C(=O)c1cc(Br)ccc1N. The number of rotatable bonds is 4. The van der Waals surface area contributed by atoms with E-state index in [1.165, 1.54) is 11.9 Å². The highest BCUT2D eigenvalue weighted by Crippen LogP contribution is 2.21. The number of amides is 1. The van der Waals surface area contributed by atoms with Crippen LogP contribution in [0, 0.1) is 0 Å². The van der Waals surface area contributed by atoms with Gasteiger partial charge in [-0.2, -0.15) is 0 Å². The van der Waals surface area contributed by atoms with Crippen LogP contribution in [0.5, 0.6) is 0 Å². The number of hydrogen-bond donors (Lipinski definition) is 2. The lowest BCUT2D eigenvalue weighted by Gasteiger charge is -2.18. The molecule has 0 saturated carbocycles. The maximum absolute atomic E-state index is 12.4. The van der Waals surface area contributed by atoms with Gasteiger partial charge in [-0.05, 0) is 36.4 Å². The molecule has 2 aromatic rings. The molecule has 0 fully saturated rings. The van der Waals surface area contributed by atoms with Crippen LogP contribution in [0.15, 0.2) is 45.3 Å². The summed E-state index contributed by atoms with van der Waals surface area (Å²) in [5.41, 5.74) is 12.8. The maximum atomic E-state index is 12.4. The first-order chi connectivity index (χ1) is 11.3. The molecular formula is C16H15Br2N3O3. The average molecular weight is 457 g/mol. The summed E-state index contributed by atoms with van der Waals surface area (Å²) in [6, 6.07) is 9.85. The van der Waals surface area contributed by atoms with E-state index in [1.807, 2.05) is 0 Å². The summed E-state index contributed by atoms with van der Waals surface area (Å²) in [7, 11) is 1.51. The van der Waals surface area contributed by atoms with Gasteiger partial charge in [-0.15, -0.1) is 0 Å². The van der Waals surface area contributed by atoms with Gasteiger partial charge in [0.15, 0.2) is 6.73 Å². The zero-order valence-corrected chi connectivity index (χ0v) is 15.9. The fraction of sp³-hybridized carbons (Fsp3) is 0.125. The highest BCUT2D eigenvalue weighted by atomic mass is 79.9. The van der Waals surface area contributed by atoms with Crippen LogP contribution in [-0.4, -0.2) is 30.6 Å². The molecule has 0 aromatic heterocycles. The molecule has 2 rings (SSSR count). The smallest absolute Gasteiger partial charge is 0.342 e. The lowest BCUT2D eigenvalue weighted by molar-refractivity contribution is 0.0262. The number of esters is 1. The number of nitrogens with two attached hydrogens (primary N) is 2. The number of benzene rings is 2. The van der Waals surface area contributed by atoms with Crippen molar-refractivity contribution < 1.29 is 14.3 Å². The average Bonchev–Trinajstić information content (AvgIpc) is 2.56. The minimum absolute atomic E-state index is 0.227. The molecule has 126 valence electrons. The van der Waals surface area contributed by atoms with Gasteiger partial charge in [0, 0.05) is 27.4 Å². The van der Waals surface area contributed by atoms with Crippen molar-refractivity contribution in [1.82, 2.24) is 4.90 Å². The zero-order valence-electron chi connectivity index (χ0n) is 12.8.